The summed E-state index contributed by atoms with van der Waals surface area (Å²) in [5.74, 6) is 8.86. The molecule has 1 saturated carbocycles. The van der Waals surface area contributed by atoms with E-state index in [1.165, 1.54) is 38.5 Å². The summed E-state index contributed by atoms with van der Waals surface area (Å²) in [6.07, 6.45) is 14.6. The topological polar surface area (TPSA) is 38.0 Å². The second-order valence-corrected chi connectivity index (χ2v) is 3.97. The molecule has 0 saturated heterocycles. The number of terminal acetylenes is 1. The van der Waals surface area contributed by atoms with Crippen LogP contribution in [0, 0.1) is 18.3 Å². The highest BCUT2D eigenvalue weighted by atomic mass is 15.2. The first-order valence-corrected chi connectivity index (χ1v) is 5.29. The summed E-state index contributed by atoms with van der Waals surface area (Å²) in [4.78, 5) is 0. The molecule has 1 unspecified atom stereocenters. The van der Waals surface area contributed by atoms with Gasteiger partial charge in [0.2, 0.25) is 0 Å². The smallest absolute Gasteiger partial charge is 0.0815 e. The molecule has 1 fully saturated rings. The van der Waals surface area contributed by atoms with E-state index in [1.807, 2.05) is 0 Å². The maximum atomic E-state index is 5.31. The molecule has 1 atom stereocenters. The number of hydrogen-bond acceptors (Lipinski definition) is 2. The van der Waals surface area contributed by atoms with Gasteiger partial charge in [0.25, 0.3) is 0 Å². The highest BCUT2D eigenvalue weighted by Crippen LogP contribution is 2.27. The predicted molar refractivity (Wildman–Crippen MR) is 55.8 cm³/mol. The van der Waals surface area contributed by atoms with Gasteiger partial charge in [0.1, 0.15) is 0 Å². The van der Waals surface area contributed by atoms with Gasteiger partial charge in [0.15, 0.2) is 0 Å². The van der Waals surface area contributed by atoms with Crippen LogP contribution in [0.15, 0.2) is 0 Å². The lowest BCUT2D eigenvalue weighted by Gasteiger charge is -2.22. The van der Waals surface area contributed by atoms with E-state index in [0.717, 1.165) is 12.3 Å². The Morgan fingerprint density at radius 3 is 2.62 bits per heavy atom. The minimum Gasteiger partial charge on any atom is -0.270 e. The largest absolute Gasteiger partial charge is 0.270 e. The van der Waals surface area contributed by atoms with E-state index >= 15 is 0 Å². The van der Waals surface area contributed by atoms with Gasteiger partial charge in [-0.15, -0.1) is 6.42 Å². The molecule has 13 heavy (non-hydrogen) atoms. The number of nitrogens with two attached hydrogens (primary N) is 1. The van der Waals surface area contributed by atoms with Crippen molar-refractivity contribution in [3.05, 3.63) is 0 Å². The Morgan fingerprint density at radius 1 is 1.38 bits per heavy atom. The predicted octanol–water partition coefficient (Wildman–Crippen LogP) is 1.81. The molecule has 0 bridgehead atoms. The van der Waals surface area contributed by atoms with Gasteiger partial charge in [-0.3, -0.25) is 5.84 Å². The van der Waals surface area contributed by atoms with Crippen LogP contribution in [0.2, 0.25) is 0 Å². The van der Waals surface area contributed by atoms with Crippen molar-refractivity contribution in [3.63, 3.8) is 0 Å². The molecule has 1 aliphatic rings. The van der Waals surface area contributed by atoms with Crippen LogP contribution in [-0.4, -0.2) is 6.04 Å². The molecule has 0 amide bonds. The Hall–Kier alpha value is -0.520. The molecule has 1 aliphatic carbocycles. The van der Waals surface area contributed by atoms with Crippen LogP contribution < -0.4 is 11.3 Å². The maximum absolute atomic E-state index is 5.31. The standard InChI is InChI=1S/C11H20N2/c1-2-11(13-12)9-8-10-6-4-3-5-7-10/h1,10-11,13H,3-9,12H2. The molecular weight excluding hydrogens is 160 g/mol. The molecule has 0 aromatic carbocycles. The zero-order valence-corrected chi connectivity index (χ0v) is 8.26. The molecule has 0 spiro atoms. The van der Waals surface area contributed by atoms with Crippen LogP contribution in [0.5, 0.6) is 0 Å². The lowest BCUT2D eigenvalue weighted by molar-refractivity contribution is 0.324. The van der Waals surface area contributed by atoms with Crippen LogP contribution in [-0.2, 0) is 0 Å². The quantitative estimate of drug-likeness (QED) is 0.393. The number of hydrogen-bond donors (Lipinski definition) is 2. The summed E-state index contributed by atoms with van der Waals surface area (Å²) in [5, 5.41) is 0. The fraction of sp³-hybridized carbons (Fsp3) is 0.818. The molecule has 2 heteroatoms. The molecule has 0 aromatic rings. The summed E-state index contributed by atoms with van der Waals surface area (Å²) < 4.78 is 0. The van der Waals surface area contributed by atoms with Crippen LogP contribution in [0.25, 0.3) is 0 Å². The van der Waals surface area contributed by atoms with Crippen molar-refractivity contribution in [1.82, 2.24) is 5.43 Å². The third-order valence-corrected chi connectivity index (χ3v) is 2.99. The van der Waals surface area contributed by atoms with Crippen molar-refractivity contribution in [3.8, 4) is 12.3 Å². The third kappa shape index (κ3) is 3.80. The van der Waals surface area contributed by atoms with Crippen LogP contribution in [0.1, 0.15) is 44.9 Å². The molecule has 0 aliphatic heterocycles. The lowest BCUT2D eigenvalue weighted by Crippen LogP contribution is -2.34. The van der Waals surface area contributed by atoms with Gasteiger partial charge in [-0.1, -0.05) is 38.0 Å². The molecular formula is C11H20N2. The minimum atomic E-state index is 0.0712. The van der Waals surface area contributed by atoms with E-state index in [2.05, 4.69) is 11.3 Å². The summed E-state index contributed by atoms with van der Waals surface area (Å²) in [6.45, 7) is 0. The summed E-state index contributed by atoms with van der Waals surface area (Å²) in [5.41, 5.74) is 2.66. The highest BCUT2D eigenvalue weighted by molar-refractivity contribution is 4.97. The number of hydrazine groups is 1. The van der Waals surface area contributed by atoms with Crippen molar-refractivity contribution in [2.75, 3.05) is 0 Å². The Balaban J connectivity index is 2.13. The van der Waals surface area contributed by atoms with Gasteiger partial charge < -0.3 is 0 Å². The fourth-order valence-electron chi connectivity index (χ4n) is 2.09. The average Bonchev–Trinajstić information content (AvgIpc) is 2.21. The van der Waals surface area contributed by atoms with Crippen molar-refractivity contribution in [2.45, 2.75) is 51.0 Å². The zero-order valence-electron chi connectivity index (χ0n) is 8.26. The Bertz CT molecular complexity index is 165. The zero-order chi connectivity index (χ0) is 9.52. The van der Waals surface area contributed by atoms with Crippen molar-refractivity contribution in [1.29, 1.82) is 0 Å². The van der Waals surface area contributed by atoms with E-state index in [1.54, 1.807) is 0 Å². The second-order valence-electron chi connectivity index (χ2n) is 3.97. The molecule has 3 N–H and O–H groups in total. The third-order valence-electron chi connectivity index (χ3n) is 2.99. The maximum Gasteiger partial charge on any atom is 0.0815 e. The Labute approximate surface area is 81.2 Å². The van der Waals surface area contributed by atoms with Crippen molar-refractivity contribution in [2.24, 2.45) is 11.8 Å². The SMILES string of the molecule is C#CC(CCC1CCCCC1)NN. The highest BCUT2D eigenvalue weighted by Gasteiger charge is 2.14. The normalized spacial score (nSPS) is 20.9. The van der Waals surface area contributed by atoms with Gasteiger partial charge in [-0.25, -0.2) is 5.43 Å². The molecule has 0 heterocycles. The Kier molecular flexibility index (Phi) is 4.88. The van der Waals surface area contributed by atoms with Gasteiger partial charge in [-0.05, 0) is 18.8 Å². The van der Waals surface area contributed by atoms with Crippen LogP contribution >= 0.6 is 0 Å². The molecule has 2 nitrogen and oxygen atoms in total. The number of nitrogens with one attached hydrogen (secondary N) is 1. The van der Waals surface area contributed by atoms with E-state index < -0.39 is 0 Å². The Morgan fingerprint density at radius 2 is 2.08 bits per heavy atom. The van der Waals surface area contributed by atoms with Gasteiger partial charge >= 0.3 is 0 Å². The van der Waals surface area contributed by atoms with Crippen LogP contribution in [0.3, 0.4) is 0 Å². The van der Waals surface area contributed by atoms with Crippen molar-refractivity contribution >= 4 is 0 Å². The first kappa shape index (κ1) is 10.6. The monoisotopic (exact) mass is 180 g/mol. The first-order valence-electron chi connectivity index (χ1n) is 5.29. The van der Waals surface area contributed by atoms with Gasteiger partial charge in [0, 0.05) is 0 Å². The number of rotatable bonds is 4. The lowest BCUT2D eigenvalue weighted by atomic mass is 9.85. The summed E-state index contributed by atoms with van der Waals surface area (Å²) in [7, 11) is 0. The van der Waals surface area contributed by atoms with E-state index in [9.17, 15) is 0 Å². The van der Waals surface area contributed by atoms with E-state index in [-0.39, 0.29) is 6.04 Å². The minimum absolute atomic E-state index is 0.0712. The first-order chi connectivity index (χ1) is 6.36. The molecule has 74 valence electrons. The summed E-state index contributed by atoms with van der Waals surface area (Å²) >= 11 is 0. The molecule has 1 rings (SSSR count). The van der Waals surface area contributed by atoms with E-state index in [4.69, 9.17) is 12.3 Å². The second kappa shape index (κ2) is 6.01. The summed E-state index contributed by atoms with van der Waals surface area (Å²) in [6, 6.07) is 0.0712. The van der Waals surface area contributed by atoms with Crippen molar-refractivity contribution < 1.29 is 0 Å². The van der Waals surface area contributed by atoms with E-state index in [0.29, 0.717) is 0 Å². The van der Waals surface area contributed by atoms with Gasteiger partial charge in [0.05, 0.1) is 6.04 Å². The van der Waals surface area contributed by atoms with Gasteiger partial charge in [-0.2, -0.15) is 0 Å². The average molecular weight is 180 g/mol. The fourth-order valence-corrected chi connectivity index (χ4v) is 2.09. The molecule has 0 aromatic heterocycles. The molecule has 0 radical (unpaired) electrons. The van der Waals surface area contributed by atoms with Crippen LogP contribution in [0.4, 0.5) is 0 Å².